The van der Waals surface area contributed by atoms with Crippen molar-refractivity contribution >= 4 is 39.2 Å². The van der Waals surface area contributed by atoms with Gasteiger partial charge in [-0.05, 0) is 46.8 Å². The fraction of sp³-hybridized carbons (Fsp3) is 0.619. The van der Waals surface area contributed by atoms with E-state index < -0.39 is 5.60 Å². The average molecular weight is 443 g/mol. The molecule has 0 saturated carbocycles. The molecule has 0 unspecified atom stereocenters. The molecule has 6 nitrogen and oxygen atoms in total. The first-order valence-corrected chi connectivity index (χ1v) is 11.9. The van der Waals surface area contributed by atoms with Crippen molar-refractivity contribution in [3.05, 3.63) is 24.3 Å². The van der Waals surface area contributed by atoms with Gasteiger partial charge in [-0.15, -0.1) is 0 Å². The number of carbonyl (C=O) groups is 2. The summed E-state index contributed by atoms with van der Waals surface area (Å²) in [7, 11) is 5.25. The molecule has 0 bridgehead atoms. The molecule has 0 saturated heterocycles. The van der Waals surface area contributed by atoms with Gasteiger partial charge >= 0.3 is 5.97 Å². The SMILES string of the molecule is CNc1ccccc1SSC(C)(C)CC(=O)NCCOCCC(=O)OC(C)(C)C. The molecule has 164 valence electrons. The van der Waals surface area contributed by atoms with E-state index in [1.807, 2.05) is 46.0 Å². The van der Waals surface area contributed by atoms with Gasteiger partial charge in [0.2, 0.25) is 5.91 Å². The van der Waals surface area contributed by atoms with Crippen molar-refractivity contribution in [1.82, 2.24) is 5.32 Å². The largest absolute Gasteiger partial charge is 0.460 e. The maximum absolute atomic E-state index is 12.2. The summed E-state index contributed by atoms with van der Waals surface area (Å²) >= 11 is 0. The van der Waals surface area contributed by atoms with E-state index in [4.69, 9.17) is 9.47 Å². The number of amides is 1. The number of nitrogens with one attached hydrogen (secondary N) is 2. The lowest BCUT2D eigenvalue weighted by atomic mass is 10.1. The zero-order chi connectivity index (χ0) is 21.9. The van der Waals surface area contributed by atoms with Crippen molar-refractivity contribution in [2.45, 2.75) is 62.7 Å². The minimum Gasteiger partial charge on any atom is -0.460 e. The third-order valence-corrected chi connectivity index (χ3v) is 6.90. The highest BCUT2D eigenvalue weighted by Crippen LogP contribution is 2.44. The Morgan fingerprint density at radius 2 is 1.76 bits per heavy atom. The topological polar surface area (TPSA) is 76.7 Å². The van der Waals surface area contributed by atoms with Crippen molar-refractivity contribution < 1.29 is 19.1 Å². The van der Waals surface area contributed by atoms with Gasteiger partial charge in [-0.2, -0.15) is 0 Å². The quantitative estimate of drug-likeness (QED) is 0.280. The third kappa shape index (κ3) is 12.0. The number of anilines is 1. The Hall–Kier alpha value is -1.38. The molecule has 0 spiro atoms. The molecular weight excluding hydrogens is 408 g/mol. The van der Waals surface area contributed by atoms with Crippen LogP contribution in [-0.2, 0) is 19.1 Å². The number of carbonyl (C=O) groups excluding carboxylic acids is 2. The van der Waals surface area contributed by atoms with E-state index in [0.29, 0.717) is 19.6 Å². The van der Waals surface area contributed by atoms with Gasteiger partial charge in [0.1, 0.15) is 5.60 Å². The number of esters is 1. The predicted octanol–water partition coefficient (Wildman–Crippen LogP) is 4.50. The molecule has 0 fully saturated rings. The minimum atomic E-state index is -0.483. The summed E-state index contributed by atoms with van der Waals surface area (Å²) in [6.07, 6.45) is 0.616. The summed E-state index contributed by atoms with van der Waals surface area (Å²) in [6, 6.07) is 8.10. The van der Waals surface area contributed by atoms with E-state index in [0.717, 1.165) is 10.6 Å². The maximum Gasteiger partial charge on any atom is 0.308 e. The molecule has 29 heavy (non-hydrogen) atoms. The molecule has 1 aromatic rings. The van der Waals surface area contributed by atoms with Crippen molar-refractivity contribution in [2.75, 3.05) is 32.1 Å². The number of hydrogen-bond acceptors (Lipinski definition) is 7. The molecule has 1 amide bonds. The van der Waals surface area contributed by atoms with Crippen LogP contribution < -0.4 is 10.6 Å². The number of benzene rings is 1. The Labute approximate surface area is 182 Å². The number of hydrogen-bond donors (Lipinski definition) is 2. The molecule has 0 aliphatic carbocycles. The van der Waals surface area contributed by atoms with Crippen molar-refractivity contribution in [3.8, 4) is 0 Å². The van der Waals surface area contributed by atoms with Crippen LogP contribution in [0.15, 0.2) is 29.2 Å². The van der Waals surface area contributed by atoms with E-state index in [1.54, 1.807) is 21.6 Å². The van der Waals surface area contributed by atoms with E-state index in [2.05, 4.69) is 30.5 Å². The van der Waals surface area contributed by atoms with Gasteiger partial charge in [0.05, 0.1) is 19.6 Å². The average Bonchev–Trinajstić information content (AvgIpc) is 2.61. The van der Waals surface area contributed by atoms with Crippen LogP contribution in [0.1, 0.15) is 47.5 Å². The lowest BCUT2D eigenvalue weighted by Crippen LogP contribution is -2.32. The Morgan fingerprint density at radius 1 is 1.07 bits per heavy atom. The van der Waals surface area contributed by atoms with E-state index in [1.165, 1.54) is 0 Å². The zero-order valence-corrected chi connectivity index (χ0v) is 19.9. The van der Waals surface area contributed by atoms with Gasteiger partial charge in [-0.1, -0.05) is 33.7 Å². The Bertz CT molecular complexity index is 660. The van der Waals surface area contributed by atoms with Crippen LogP contribution in [0.3, 0.4) is 0 Å². The van der Waals surface area contributed by atoms with Gasteiger partial charge in [-0.3, -0.25) is 9.59 Å². The number of para-hydroxylation sites is 1. The van der Waals surface area contributed by atoms with E-state index >= 15 is 0 Å². The van der Waals surface area contributed by atoms with Gasteiger partial charge in [-0.25, -0.2) is 0 Å². The standard InChI is InChI=1S/C21H34N2O4S2/c1-20(2,3)27-19(25)11-13-26-14-12-23-18(24)15-21(4,5)29-28-17-10-8-7-9-16(17)22-6/h7-10,22H,11-15H2,1-6H3,(H,23,24). The molecule has 0 aliphatic rings. The Kier molecular flexibility index (Phi) is 10.9. The minimum absolute atomic E-state index is 0.0132. The Balaban J connectivity index is 2.22. The monoisotopic (exact) mass is 442 g/mol. The molecule has 0 atom stereocenters. The van der Waals surface area contributed by atoms with Crippen molar-refractivity contribution in [3.63, 3.8) is 0 Å². The van der Waals surface area contributed by atoms with E-state index in [9.17, 15) is 9.59 Å². The highest BCUT2D eigenvalue weighted by atomic mass is 33.1. The first-order chi connectivity index (χ1) is 13.5. The van der Waals surface area contributed by atoms with Gasteiger partial charge < -0.3 is 20.1 Å². The first-order valence-electron chi connectivity index (χ1n) is 9.71. The first kappa shape index (κ1) is 25.7. The number of rotatable bonds is 12. The molecule has 0 heterocycles. The van der Waals surface area contributed by atoms with Crippen molar-refractivity contribution in [2.24, 2.45) is 0 Å². The highest BCUT2D eigenvalue weighted by molar-refractivity contribution is 8.77. The zero-order valence-electron chi connectivity index (χ0n) is 18.3. The second-order valence-electron chi connectivity index (χ2n) is 8.15. The fourth-order valence-corrected chi connectivity index (χ4v) is 4.75. The molecule has 2 N–H and O–H groups in total. The number of ether oxygens (including phenoxy) is 2. The molecule has 0 aliphatic heterocycles. The van der Waals surface area contributed by atoms with Crippen LogP contribution in [0.25, 0.3) is 0 Å². The summed E-state index contributed by atoms with van der Waals surface area (Å²) in [6.45, 7) is 10.7. The predicted molar refractivity (Wildman–Crippen MR) is 122 cm³/mol. The van der Waals surface area contributed by atoms with Crippen molar-refractivity contribution in [1.29, 1.82) is 0 Å². The molecule has 8 heteroatoms. The molecule has 1 rings (SSSR count). The summed E-state index contributed by atoms with van der Waals surface area (Å²) in [5.41, 5.74) is 0.595. The van der Waals surface area contributed by atoms with Crippen LogP contribution in [-0.4, -0.2) is 49.0 Å². The summed E-state index contributed by atoms with van der Waals surface area (Å²) in [5, 5.41) is 6.05. The van der Waals surface area contributed by atoms with Crippen LogP contribution in [0.4, 0.5) is 5.69 Å². The molecule has 0 radical (unpaired) electrons. The van der Waals surface area contributed by atoms with E-state index in [-0.39, 0.29) is 29.7 Å². The second kappa shape index (κ2) is 12.3. The lowest BCUT2D eigenvalue weighted by molar-refractivity contribution is -0.156. The Morgan fingerprint density at radius 3 is 2.41 bits per heavy atom. The van der Waals surface area contributed by atoms with Crippen LogP contribution in [0.5, 0.6) is 0 Å². The summed E-state index contributed by atoms with van der Waals surface area (Å²) < 4.78 is 10.4. The summed E-state index contributed by atoms with van der Waals surface area (Å²) in [5.74, 6) is -0.293. The van der Waals surface area contributed by atoms with Gasteiger partial charge in [0.25, 0.3) is 0 Å². The van der Waals surface area contributed by atoms with Gasteiger partial charge in [0, 0.05) is 35.3 Å². The maximum atomic E-state index is 12.2. The second-order valence-corrected chi connectivity index (χ2v) is 11.0. The molecule has 0 aromatic heterocycles. The normalized spacial score (nSPS) is 11.8. The fourth-order valence-electron chi connectivity index (χ4n) is 2.29. The van der Waals surface area contributed by atoms with Crippen LogP contribution >= 0.6 is 21.6 Å². The lowest BCUT2D eigenvalue weighted by Gasteiger charge is -2.23. The highest BCUT2D eigenvalue weighted by Gasteiger charge is 2.24. The molecule has 1 aromatic carbocycles. The van der Waals surface area contributed by atoms with Crippen LogP contribution in [0, 0.1) is 0 Å². The van der Waals surface area contributed by atoms with Gasteiger partial charge in [0.15, 0.2) is 0 Å². The smallest absolute Gasteiger partial charge is 0.308 e. The van der Waals surface area contributed by atoms with Crippen LogP contribution in [0.2, 0.25) is 0 Å². The third-order valence-electron chi connectivity index (χ3n) is 3.54. The summed E-state index contributed by atoms with van der Waals surface area (Å²) in [4.78, 5) is 24.9. The molecular formula is C21H34N2O4S2.